The van der Waals surface area contributed by atoms with Crippen LogP contribution in [0.25, 0.3) is 5.69 Å². The summed E-state index contributed by atoms with van der Waals surface area (Å²) in [6, 6.07) is 16.0. The molecule has 0 unspecified atom stereocenters. The highest BCUT2D eigenvalue weighted by atomic mass is 16.5. The highest BCUT2D eigenvalue weighted by Crippen LogP contribution is 2.33. The van der Waals surface area contributed by atoms with Gasteiger partial charge in [0.1, 0.15) is 5.75 Å². The predicted molar refractivity (Wildman–Crippen MR) is 94.5 cm³/mol. The van der Waals surface area contributed by atoms with Crippen molar-refractivity contribution in [1.82, 2.24) is 4.57 Å². The van der Waals surface area contributed by atoms with E-state index in [4.69, 9.17) is 4.74 Å². The molecule has 3 aromatic rings. The van der Waals surface area contributed by atoms with Crippen molar-refractivity contribution in [2.24, 2.45) is 0 Å². The number of anilines is 1. The Hall–Kier alpha value is -3.34. The van der Waals surface area contributed by atoms with Crippen LogP contribution >= 0.6 is 0 Å². The Morgan fingerprint density at radius 2 is 1.52 bits per heavy atom. The van der Waals surface area contributed by atoms with Gasteiger partial charge in [0.2, 0.25) is 0 Å². The zero-order chi connectivity index (χ0) is 17.4. The van der Waals surface area contributed by atoms with Crippen molar-refractivity contribution in [2.75, 3.05) is 11.5 Å². The highest BCUT2D eigenvalue weighted by Gasteiger charge is 2.36. The Morgan fingerprint density at radius 1 is 0.880 bits per heavy atom. The van der Waals surface area contributed by atoms with Gasteiger partial charge in [0.05, 0.1) is 29.1 Å². The Kier molecular flexibility index (Phi) is 3.61. The molecule has 0 radical (unpaired) electrons. The van der Waals surface area contributed by atoms with Gasteiger partial charge in [0.15, 0.2) is 0 Å². The van der Waals surface area contributed by atoms with Crippen LogP contribution in [0.15, 0.2) is 67.0 Å². The van der Waals surface area contributed by atoms with E-state index in [2.05, 4.69) is 0 Å². The van der Waals surface area contributed by atoms with E-state index in [1.807, 2.05) is 36.0 Å². The molecule has 0 spiro atoms. The maximum atomic E-state index is 12.7. The monoisotopic (exact) mass is 332 g/mol. The molecule has 0 saturated carbocycles. The maximum absolute atomic E-state index is 12.7. The Labute approximate surface area is 145 Å². The van der Waals surface area contributed by atoms with Crippen LogP contribution in [0, 0.1) is 0 Å². The van der Waals surface area contributed by atoms with Crippen LogP contribution in [-0.2, 0) is 0 Å². The minimum atomic E-state index is -0.303. The summed E-state index contributed by atoms with van der Waals surface area (Å²) in [7, 11) is 0. The Morgan fingerprint density at radius 3 is 2.12 bits per heavy atom. The molecular formula is C20H16N2O3. The SMILES string of the molecule is CCOc1ccc(N2C(=O)c3ccccc3C2=O)cc1-n1cccc1. The van der Waals surface area contributed by atoms with Crippen molar-refractivity contribution in [1.29, 1.82) is 0 Å². The molecule has 0 fully saturated rings. The molecule has 4 rings (SSSR count). The van der Waals surface area contributed by atoms with E-state index in [1.54, 1.807) is 42.5 Å². The van der Waals surface area contributed by atoms with E-state index in [1.165, 1.54) is 4.90 Å². The molecule has 0 atom stereocenters. The Bertz CT molecular complexity index is 926. The zero-order valence-corrected chi connectivity index (χ0v) is 13.7. The van der Waals surface area contributed by atoms with Gasteiger partial charge in [0, 0.05) is 12.4 Å². The summed E-state index contributed by atoms with van der Waals surface area (Å²) in [6.45, 7) is 2.44. The lowest BCUT2D eigenvalue weighted by molar-refractivity contribution is 0.0926. The second kappa shape index (κ2) is 5.94. The van der Waals surface area contributed by atoms with Crippen LogP contribution in [0.1, 0.15) is 27.6 Å². The summed E-state index contributed by atoms with van der Waals surface area (Å²) in [4.78, 5) is 26.6. The normalized spacial score (nSPS) is 13.2. The number of nitrogens with zero attached hydrogens (tertiary/aromatic N) is 2. The van der Waals surface area contributed by atoms with Gasteiger partial charge in [-0.15, -0.1) is 0 Å². The van der Waals surface area contributed by atoms with Gasteiger partial charge in [-0.25, -0.2) is 4.90 Å². The van der Waals surface area contributed by atoms with Crippen LogP contribution in [0.4, 0.5) is 5.69 Å². The molecular weight excluding hydrogens is 316 g/mol. The molecule has 0 saturated heterocycles. The number of amides is 2. The zero-order valence-electron chi connectivity index (χ0n) is 13.7. The molecule has 1 aliphatic rings. The van der Waals surface area contributed by atoms with Gasteiger partial charge in [0.25, 0.3) is 11.8 Å². The van der Waals surface area contributed by atoms with Crippen molar-refractivity contribution < 1.29 is 14.3 Å². The van der Waals surface area contributed by atoms with Gasteiger partial charge >= 0.3 is 0 Å². The first kappa shape index (κ1) is 15.2. The minimum Gasteiger partial charge on any atom is -0.492 e. The van der Waals surface area contributed by atoms with Crippen LogP contribution in [0.3, 0.4) is 0 Å². The number of carbonyl (C=O) groups excluding carboxylic acids is 2. The summed E-state index contributed by atoms with van der Waals surface area (Å²) in [5, 5.41) is 0. The first-order chi connectivity index (χ1) is 12.2. The summed E-state index contributed by atoms with van der Waals surface area (Å²) < 4.78 is 7.58. The minimum absolute atomic E-state index is 0.303. The lowest BCUT2D eigenvalue weighted by Crippen LogP contribution is -2.29. The average Bonchev–Trinajstić information content (AvgIpc) is 3.24. The van der Waals surface area contributed by atoms with Gasteiger partial charge in [-0.05, 0) is 49.4 Å². The van der Waals surface area contributed by atoms with Crippen molar-refractivity contribution in [3.8, 4) is 11.4 Å². The number of hydrogen-bond donors (Lipinski definition) is 0. The molecule has 2 aromatic carbocycles. The van der Waals surface area contributed by atoms with Crippen molar-refractivity contribution >= 4 is 17.5 Å². The number of rotatable bonds is 4. The van der Waals surface area contributed by atoms with E-state index < -0.39 is 0 Å². The number of hydrogen-bond acceptors (Lipinski definition) is 3. The van der Waals surface area contributed by atoms with E-state index in [-0.39, 0.29) is 11.8 Å². The molecule has 25 heavy (non-hydrogen) atoms. The first-order valence-corrected chi connectivity index (χ1v) is 8.08. The number of carbonyl (C=O) groups is 2. The average molecular weight is 332 g/mol. The number of benzene rings is 2. The summed E-state index contributed by atoms with van der Waals surface area (Å²) in [5.41, 5.74) is 2.17. The third-order valence-electron chi connectivity index (χ3n) is 4.18. The summed E-state index contributed by atoms with van der Waals surface area (Å²) in [6.07, 6.45) is 3.79. The molecule has 0 bridgehead atoms. The Balaban J connectivity index is 1.81. The molecule has 1 aromatic heterocycles. The third-order valence-corrected chi connectivity index (χ3v) is 4.18. The van der Waals surface area contributed by atoms with E-state index >= 15 is 0 Å². The highest BCUT2D eigenvalue weighted by molar-refractivity contribution is 6.34. The second-order valence-corrected chi connectivity index (χ2v) is 5.67. The fraction of sp³-hybridized carbons (Fsp3) is 0.100. The van der Waals surface area contributed by atoms with Gasteiger partial charge in [-0.2, -0.15) is 0 Å². The van der Waals surface area contributed by atoms with E-state index in [0.717, 1.165) is 5.69 Å². The molecule has 124 valence electrons. The maximum Gasteiger partial charge on any atom is 0.266 e. The molecule has 0 aliphatic carbocycles. The largest absolute Gasteiger partial charge is 0.492 e. The van der Waals surface area contributed by atoms with Crippen LogP contribution in [-0.4, -0.2) is 23.0 Å². The molecule has 2 heterocycles. The standard InChI is InChI=1S/C20H16N2O3/c1-2-25-18-10-9-14(13-17(18)21-11-5-6-12-21)22-19(23)15-7-3-4-8-16(15)20(22)24/h3-13H,2H2,1H3. The third kappa shape index (κ3) is 2.41. The van der Waals surface area contributed by atoms with Crippen LogP contribution < -0.4 is 9.64 Å². The number of imide groups is 1. The number of ether oxygens (including phenoxy) is 1. The van der Waals surface area contributed by atoms with E-state index in [0.29, 0.717) is 29.2 Å². The molecule has 1 aliphatic heterocycles. The van der Waals surface area contributed by atoms with Gasteiger partial charge in [-0.3, -0.25) is 9.59 Å². The lowest BCUT2D eigenvalue weighted by Gasteiger charge is -2.18. The van der Waals surface area contributed by atoms with Crippen molar-refractivity contribution in [2.45, 2.75) is 6.92 Å². The number of aromatic nitrogens is 1. The number of fused-ring (bicyclic) bond motifs is 1. The van der Waals surface area contributed by atoms with E-state index in [9.17, 15) is 9.59 Å². The predicted octanol–water partition coefficient (Wildman–Crippen LogP) is 3.68. The molecule has 0 N–H and O–H groups in total. The lowest BCUT2D eigenvalue weighted by atomic mass is 10.1. The second-order valence-electron chi connectivity index (χ2n) is 5.67. The van der Waals surface area contributed by atoms with Gasteiger partial charge in [-0.1, -0.05) is 12.1 Å². The fourth-order valence-electron chi connectivity index (χ4n) is 3.04. The molecule has 5 nitrogen and oxygen atoms in total. The topological polar surface area (TPSA) is 51.5 Å². The fourth-order valence-corrected chi connectivity index (χ4v) is 3.04. The first-order valence-electron chi connectivity index (χ1n) is 8.08. The van der Waals surface area contributed by atoms with Crippen molar-refractivity contribution in [3.63, 3.8) is 0 Å². The summed E-state index contributed by atoms with van der Waals surface area (Å²) in [5.74, 6) is 0.0884. The van der Waals surface area contributed by atoms with Crippen LogP contribution in [0.2, 0.25) is 0 Å². The molecule has 2 amide bonds. The smallest absolute Gasteiger partial charge is 0.266 e. The van der Waals surface area contributed by atoms with Gasteiger partial charge < -0.3 is 9.30 Å². The van der Waals surface area contributed by atoms with Crippen molar-refractivity contribution in [3.05, 3.63) is 78.1 Å². The quantitative estimate of drug-likeness (QED) is 0.685. The summed E-state index contributed by atoms with van der Waals surface area (Å²) >= 11 is 0. The molecule has 5 heteroatoms. The van der Waals surface area contributed by atoms with Crippen LogP contribution in [0.5, 0.6) is 5.75 Å².